The molecule has 1 N–H and O–H groups in total. The van der Waals surface area contributed by atoms with E-state index in [1.807, 2.05) is 30.3 Å². The molecule has 1 amide bonds. The maximum atomic E-state index is 13.9. The van der Waals surface area contributed by atoms with E-state index in [4.69, 9.17) is 4.74 Å². The van der Waals surface area contributed by atoms with Crippen LogP contribution in [0.5, 0.6) is 5.75 Å². The number of carboxylic acid groups (broad SMARTS) is 1. The number of carboxylic acids is 1. The van der Waals surface area contributed by atoms with Gasteiger partial charge in [0, 0.05) is 19.0 Å². The Labute approximate surface area is 157 Å². The van der Waals surface area contributed by atoms with E-state index in [1.54, 1.807) is 19.1 Å². The summed E-state index contributed by atoms with van der Waals surface area (Å²) in [5.41, 5.74) is 0.892. The van der Waals surface area contributed by atoms with Crippen molar-refractivity contribution in [2.24, 2.45) is 5.92 Å². The molecule has 3 atom stereocenters. The highest BCUT2D eigenvalue weighted by Crippen LogP contribution is 2.33. The fourth-order valence-electron chi connectivity index (χ4n) is 3.48. The van der Waals surface area contributed by atoms with E-state index in [0.29, 0.717) is 13.0 Å². The maximum absolute atomic E-state index is 13.9. The van der Waals surface area contributed by atoms with E-state index in [2.05, 4.69) is 0 Å². The molecule has 1 saturated heterocycles. The van der Waals surface area contributed by atoms with Gasteiger partial charge in [0.2, 0.25) is 0 Å². The summed E-state index contributed by atoms with van der Waals surface area (Å²) >= 11 is 0. The molecule has 5 nitrogen and oxygen atoms in total. The Hall–Kier alpha value is -2.89. The number of carbonyl (C=O) groups is 2. The lowest BCUT2D eigenvalue weighted by Gasteiger charge is -2.23. The van der Waals surface area contributed by atoms with Gasteiger partial charge in [-0.3, -0.25) is 9.59 Å². The standard InChI is InChI=1S/C21H22FNO4/c1-2-18(27-19-11-7-6-10-17(19)22)20(24)23-12-15(16(13-23)21(25)26)14-8-4-3-5-9-14/h3-11,15-16,18H,2,12-13H2,1H3,(H,25,26). The molecule has 2 aromatic rings. The molecule has 3 unspecified atom stereocenters. The quantitative estimate of drug-likeness (QED) is 0.846. The lowest BCUT2D eigenvalue weighted by molar-refractivity contribution is -0.142. The first-order valence-corrected chi connectivity index (χ1v) is 8.99. The Morgan fingerprint density at radius 1 is 1.15 bits per heavy atom. The number of benzene rings is 2. The fourth-order valence-corrected chi connectivity index (χ4v) is 3.48. The average molecular weight is 371 g/mol. The Kier molecular flexibility index (Phi) is 5.74. The van der Waals surface area contributed by atoms with E-state index < -0.39 is 23.8 Å². The summed E-state index contributed by atoms with van der Waals surface area (Å²) in [6.45, 7) is 2.20. The second-order valence-corrected chi connectivity index (χ2v) is 6.65. The van der Waals surface area contributed by atoms with Crippen LogP contribution in [0.1, 0.15) is 24.8 Å². The number of ether oxygens (including phenoxy) is 1. The summed E-state index contributed by atoms with van der Waals surface area (Å²) < 4.78 is 19.4. The number of carbonyl (C=O) groups excluding carboxylic acids is 1. The van der Waals surface area contributed by atoms with E-state index in [1.165, 1.54) is 17.0 Å². The Bertz CT molecular complexity index is 811. The van der Waals surface area contributed by atoms with Gasteiger partial charge in [0.25, 0.3) is 5.91 Å². The minimum Gasteiger partial charge on any atom is -0.481 e. The minimum absolute atomic E-state index is 0.0197. The number of amides is 1. The van der Waals surface area contributed by atoms with Gasteiger partial charge >= 0.3 is 5.97 Å². The molecule has 2 aromatic carbocycles. The molecule has 0 saturated carbocycles. The van der Waals surface area contributed by atoms with Gasteiger partial charge in [-0.1, -0.05) is 49.4 Å². The van der Waals surface area contributed by atoms with Crippen LogP contribution in [0.25, 0.3) is 0 Å². The predicted octanol–water partition coefficient (Wildman–Crippen LogP) is 3.31. The van der Waals surface area contributed by atoms with Gasteiger partial charge in [0.05, 0.1) is 5.92 Å². The zero-order valence-electron chi connectivity index (χ0n) is 15.0. The van der Waals surface area contributed by atoms with Gasteiger partial charge in [-0.15, -0.1) is 0 Å². The number of likely N-dealkylation sites (tertiary alicyclic amines) is 1. The van der Waals surface area contributed by atoms with Crippen molar-refractivity contribution in [1.82, 2.24) is 4.90 Å². The van der Waals surface area contributed by atoms with E-state index >= 15 is 0 Å². The number of rotatable bonds is 6. The number of para-hydroxylation sites is 1. The number of hydrogen-bond acceptors (Lipinski definition) is 3. The molecule has 142 valence electrons. The molecule has 0 aromatic heterocycles. The van der Waals surface area contributed by atoms with E-state index in [0.717, 1.165) is 5.56 Å². The molecular formula is C21H22FNO4. The SMILES string of the molecule is CCC(Oc1ccccc1F)C(=O)N1CC(C(=O)O)C(c2ccccc2)C1. The normalized spacial score (nSPS) is 20.3. The van der Waals surface area contributed by atoms with Gasteiger partial charge in [-0.05, 0) is 24.1 Å². The topological polar surface area (TPSA) is 66.8 Å². The van der Waals surface area contributed by atoms with Crippen molar-refractivity contribution in [3.63, 3.8) is 0 Å². The first kappa shape index (κ1) is 18.9. The summed E-state index contributed by atoms with van der Waals surface area (Å²) in [7, 11) is 0. The minimum atomic E-state index is -0.928. The Morgan fingerprint density at radius 2 is 1.81 bits per heavy atom. The number of nitrogens with zero attached hydrogens (tertiary/aromatic N) is 1. The largest absolute Gasteiger partial charge is 0.481 e. The zero-order chi connectivity index (χ0) is 19.4. The van der Waals surface area contributed by atoms with Crippen LogP contribution in [0.3, 0.4) is 0 Å². The molecule has 1 fully saturated rings. The first-order valence-electron chi connectivity index (χ1n) is 8.99. The van der Waals surface area contributed by atoms with Crippen LogP contribution in [0.2, 0.25) is 0 Å². The first-order chi connectivity index (χ1) is 13.0. The zero-order valence-corrected chi connectivity index (χ0v) is 15.0. The molecule has 0 bridgehead atoms. The van der Waals surface area contributed by atoms with Gasteiger partial charge < -0.3 is 14.7 Å². The summed E-state index contributed by atoms with van der Waals surface area (Å²) in [5, 5.41) is 9.59. The Morgan fingerprint density at radius 3 is 2.44 bits per heavy atom. The van der Waals surface area contributed by atoms with Crippen molar-refractivity contribution < 1.29 is 23.8 Å². The number of aliphatic carboxylic acids is 1. The lowest BCUT2D eigenvalue weighted by Crippen LogP contribution is -2.41. The predicted molar refractivity (Wildman–Crippen MR) is 98.0 cm³/mol. The molecule has 0 radical (unpaired) electrons. The number of hydrogen-bond donors (Lipinski definition) is 1. The van der Waals surface area contributed by atoms with Gasteiger partial charge in [0.15, 0.2) is 17.7 Å². The summed E-state index contributed by atoms with van der Waals surface area (Å²) in [5.74, 6) is -2.71. The van der Waals surface area contributed by atoms with Crippen LogP contribution >= 0.6 is 0 Å². The summed E-state index contributed by atoms with van der Waals surface area (Å²) in [6, 6.07) is 15.3. The van der Waals surface area contributed by atoms with E-state index in [-0.39, 0.29) is 24.1 Å². The van der Waals surface area contributed by atoms with Crippen molar-refractivity contribution >= 4 is 11.9 Å². The van der Waals surface area contributed by atoms with Crippen LogP contribution in [0, 0.1) is 11.7 Å². The third-order valence-electron chi connectivity index (χ3n) is 4.93. The highest BCUT2D eigenvalue weighted by Gasteiger charge is 2.42. The molecule has 1 aliphatic rings. The lowest BCUT2D eigenvalue weighted by atomic mass is 9.89. The average Bonchev–Trinajstić information content (AvgIpc) is 3.13. The van der Waals surface area contributed by atoms with Crippen molar-refractivity contribution in [2.75, 3.05) is 13.1 Å². The summed E-state index contributed by atoms with van der Waals surface area (Å²) in [6.07, 6.45) is -0.497. The molecule has 0 aliphatic carbocycles. The Balaban J connectivity index is 1.77. The highest BCUT2D eigenvalue weighted by molar-refractivity contribution is 5.83. The molecular weight excluding hydrogens is 349 g/mol. The van der Waals surface area contributed by atoms with Crippen LogP contribution in [0.4, 0.5) is 4.39 Å². The second-order valence-electron chi connectivity index (χ2n) is 6.65. The maximum Gasteiger partial charge on any atom is 0.308 e. The van der Waals surface area contributed by atoms with Gasteiger partial charge in [-0.2, -0.15) is 0 Å². The van der Waals surface area contributed by atoms with Crippen LogP contribution in [-0.2, 0) is 9.59 Å². The third kappa shape index (κ3) is 4.10. The van der Waals surface area contributed by atoms with Gasteiger partial charge in [0.1, 0.15) is 0 Å². The molecule has 6 heteroatoms. The van der Waals surface area contributed by atoms with Crippen LogP contribution < -0.4 is 4.74 Å². The molecule has 1 aliphatic heterocycles. The monoisotopic (exact) mass is 371 g/mol. The summed E-state index contributed by atoms with van der Waals surface area (Å²) in [4.78, 5) is 26.2. The van der Waals surface area contributed by atoms with Gasteiger partial charge in [-0.25, -0.2) is 4.39 Å². The second kappa shape index (κ2) is 8.20. The third-order valence-corrected chi connectivity index (χ3v) is 4.93. The smallest absolute Gasteiger partial charge is 0.308 e. The van der Waals surface area contributed by atoms with Crippen molar-refractivity contribution in [2.45, 2.75) is 25.4 Å². The van der Waals surface area contributed by atoms with E-state index in [9.17, 15) is 19.1 Å². The van der Waals surface area contributed by atoms with Crippen LogP contribution in [-0.4, -0.2) is 41.1 Å². The molecule has 1 heterocycles. The molecule has 27 heavy (non-hydrogen) atoms. The molecule has 3 rings (SSSR count). The highest BCUT2D eigenvalue weighted by atomic mass is 19.1. The molecule has 0 spiro atoms. The fraction of sp³-hybridized carbons (Fsp3) is 0.333. The van der Waals surface area contributed by atoms with Crippen molar-refractivity contribution in [1.29, 1.82) is 0 Å². The number of halogens is 1. The van der Waals surface area contributed by atoms with Crippen LogP contribution in [0.15, 0.2) is 54.6 Å². The van der Waals surface area contributed by atoms with Crippen molar-refractivity contribution in [3.05, 3.63) is 66.0 Å². The van der Waals surface area contributed by atoms with Crippen molar-refractivity contribution in [3.8, 4) is 5.75 Å².